The standard InChI is InChI=1S/C12H22BrNO3S/c1-14(10(12(16)17)7-9-18-2)11(15)6-4-3-5-8-13/h10H,3-9H2,1-2H3,(H,16,17)/t10-/m0/s1. The van der Waals surface area contributed by atoms with Crippen LogP contribution in [0.15, 0.2) is 0 Å². The van der Waals surface area contributed by atoms with Crippen molar-refractivity contribution in [2.24, 2.45) is 0 Å². The molecule has 1 N–H and O–H groups in total. The van der Waals surface area contributed by atoms with Gasteiger partial charge < -0.3 is 10.0 Å². The van der Waals surface area contributed by atoms with Crippen molar-refractivity contribution in [2.75, 3.05) is 24.4 Å². The van der Waals surface area contributed by atoms with Gasteiger partial charge in [0.15, 0.2) is 0 Å². The summed E-state index contributed by atoms with van der Waals surface area (Å²) in [6.45, 7) is 0. The second-order valence-corrected chi connectivity index (χ2v) is 5.92. The lowest BCUT2D eigenvalue weighted by Crippen LogP contribution is -2.42. The van der Waals surface area contributed by atoms with Crippen molar-refractivity contribution >= 4 is 39.6 Å². The molecular weight excluding hydrogens is 318 g/mol. The van der Waals surface area contributed by atoms with E-state index in [1.165, 1.54) is 4.90 Å². The van der Waals surface area contributed by atoms with Crippen molar-refractivity contribution in [1.29, 1.82) is 0 Å². The van der Waals surface area contributed by atoms with E-state index in [0.29, 0.717) is 12.8 Å². The predicted octanol–water partition coefficient (Wildman–Crippen LogP) is 2.61. The van der Waals surface area contributed by atoms with Gasteiger partial charge in [-0.3, -0.25) is 4.79 Å². The zero-order valence-electron chi connectivity index (χ0n) is 11.0. The number of hydrogen-bond donors (Lipinski definition) is 1. The molecule has 0 aromatic carbocycles. The first-order valence-electron chi connectivity index (χ1n) is 6.08. The van der Waals surface area contributed by atoms with Crippen molar-refractivity contribution in [3.63, 3.8) is 0 Å². The molecule has 0 fully saturated rings. The minimum absolute atomic E-state index is 0.0712. The van der Waals surface area contributed by atoms with Gasteiger partial charge in [-0.05, 0) is 31.3 Å². The van der Waals surface area contributed by atoms with Gasteiger partial charge in [-0.1, -0.05) is 22.4 Å². The summed E-state index contributed by atoms with van der Waals surface area (Å²) in [6, 6.07) is -0.693. The van der Waals surface area contributed by atoms with E-state index < -0.39 is 12.0 Å². The average Bonchev–Trinajstić information content (AvgIpc) is 2.34. The Morgan fingerprint density at radius 3 is 2.50 bits per heavy atom. The maximum atomic E-state index is 11.9. The second-order valence-electron chi connectivity index (χ2n) is 4.14. The first kappa shape index (κ1) is 17.8. The Balaban J connectivity index is 4.16. The maximum absolute atomic E-state index is 11.9. The molecule has 0 bridgehead atoms. The Morgan fingerprint density at radius 2 is 2.00 bits per heavy atom. The number of likely N-dealkylation sites (N-methyl/N-ethyl adjacent to an activating group) is 1. The molecule has 0 aliphatic rings. The van der Waals surface area contributed by atoms with Crippen LogP contribution in [-0.2, 0) is 9.59 Å². The van der Waals surface area contributed by atoms with Crippen LogP contribution in [0, 0.1) is 0 Å². The highest BCUT2D eigenvalue weighted by atomic mass is 79.9. The molecule has 4 nitrogen and oxygen atoms in total. The number of hydrogen-bond acceptors (Lipinski definition) is 3. The molecule has 0 unspecified atom stereocenters. The van der Waals surface area contributed by atoms with Crippen LogP contribution in [0.5, 0.6) is 0 Å². The molecule has 0 aromatic rings. The molecule has 0 spiro atoms. The van der Waals surface area contributed by atoms with Gasteiger partial charge in [0.25, 0.3) is 0 Å². The summed E-state index contributed by atoms with van der Waals surface area (Å²) >= 11 is 4.94. The normalized spacial score (nSPS) is 12.2. The molecule has 0 aliphatic carbocycles. The highest BCUT2D eigenvalue weighted by Crippen LogP contribution is 2.11. The lowest BCUT2D eigenvalue weighted by Gasteiger charge is -2.24. The summed E-state index contributed by atoms with van der Waals surface area (Å²) in [7, 11) is 1.59. The minimum atomic E-state index is -0.916. The Hall–Kier alpha value is -0.230. The molecular formula is C12H22BrNO3S. The Bertz CT molecular complexity index is 264. The summed E-state index contributed by atoms with van der Waals surface area (Å²) in [6.07, 6.45) is 5.73. The number of aliphatic carboxylic acids is 1. The third kappa shape index (κ3) is 7.26. The number of halogens is 1. The van der Waals surface area contributed by atoms with Crippen LogP contribution in [-0.4, -0.2) is 52.3 Å². The number of carboxylic acid groups (broad SMARTS) is 1. The molecule has 0 heterocycles. The molecule has 0 aromatic heterocycles. The summed E-state index contributed by atoms with van der Waals surface area (Å²) in [5.41, 5.74) is 0. The summed E-state index contributed by atoms with van der Waals surface area (Å²) in [5.74, 6) is -0.239. The molecule has 6 heteroatoms. The van der Waals surface area contributed by atoms with Gasteiger partial charge in [-0.2, -0.15) is 11.8 Å². The van der Waals surface area contributed by atoms with E-state index in [4.69, 9.17) is 5.11 Å². The van der Waals surface area contributed by atoms with Crippen LogP contribution in [0.25, 0.3) is 0 Å². The molecule has 106 valence electrons. The fourth-order valence-electron chi connectivity index (χ4n) is 1.61. The fraction of sp³-hybridized carbons (Fsp3) is 0.833. The van der Waals surface area contributed by atoms with Crippen LogP contribution < -0.4 is 0 Å². The van der Waals surface area contributed by atoms with E-state index in [0.717, 1.165) is 30.3 Å². The number of nitrogens with zero attached hydrogens (tertiary/aromatic N) is 1. The third-order valence-electron chi connectivity index (χ3n) is 2.77. The smallest absolute Gasteiger partial charge is 0.326 e. The van der Waals surface area contributed by atoms with Crippen LogP contribution in [0.1, 0.15) is 32.1 Å². The maximum Gasteiger partial charge on any atom is 0.326 e. The molecule has 0 aliphatic heterocycles. The largest absolute Gasteiger partial charge is 0.480 e. The van der Waals surface area contributed by atoms with Crippen molar-refractivity contribution < 1.29 is 14.7 Å². The lowest BCUT2D eigenvalue weighted by atomic mass is 10.1. The summed E-state index contributed by atoms with van der Waals surface area (Å²) in [5, 5.41) is 10.1. The van der Waals surface area contributed by atoms with Crippen LogP contribution in [0.3, 0.4) is 0 Å². The zero-order chi connectivity index (χ0) is 14.0. The van der Waals surface area contributed by atoms with Crippen molar-refractivity contribution in [3.05, 3.63) is 0 Å². The van der Waals surface area contributed by atoms with Crippen LogP contribution >= 0.6 is 27.7 Å². The Labute approximate surface area is 122 Å². The van der Waals surface area contributed by atoms with E-state index >= 15 is 0 Å². The Kier molecular flexibility index (Phi) is 10.5. The van der Waals surface area contributed by atoms with Crippen molar-refractivity contribution in [3.8, 4) is 0 Å². The zero-order valence-corrected chi connectivity index (χ0v) is 13.4. The molecule has 0 saturated carbocycles. The van der Waals surface area contributed by atoms with E-state index in [2.05, 4.69) is 15.9 Å². The van der Waals surface area contributed by atoms with E-state index in [1.54, 1.807) is 18.8 Å². The van der Waals surface area contributed by atoms with Gasteiger partial charge in [-0.25, -0.2) is 4.79 Å². The SMILES string of the molecule is CSCC[C@@H](C(=O)O)N(C)C(=O)CCCCCBr. The van der Waals surface area contributed by atoms with Crippen molar-refractivity contribution in [2.45, 2.75) is 38.1 Å². The van der Waals surface area contributed by atoms with E-state index in [9.17, 15) is 9.59 Å². The number of rotatable bonds is 10. The van der Waals surface area contributed by atoms with Gasteiger partial charge >= 0.3 is 5.97 Å². The van der Waals surface area contributed by atoms with E-state index in [1.807, 2.05) is 6.26 Å². The quantitative estimate of drug-likeness (QED) is 0.491. The highest BCUT2D eigenvalue weighted by Gasteiger charge is 2.25. The number of alkyl halides is 1. The minimum Gasteiger partial charge on any atom is -0.480 e. The predicted molar refractivity (Wildman–Crippen MR) is 79.5 cm³/mol. The van der Waals surface area contributed by atoms with Gasteiger partial charge in [0.1, 0.15) is 6.04 Å². The average molecular weight is 340 g/mol. The first-order chi connectivity index (χ1) is 8.54. The summed E-state index contributed by atoms with van der Waals surface area (Å²) < 4.78 is 0. The first-order valence-corrected chi connectivity index (χ1v) is 8.59. The van der Waals surface area contributed by atoms with Gasteiger partial charge in [0.2, 0.25) is 5.91 Å². The van der Waals surface area contributed by atoms with Crippen LogP contribution in [0.2, 0.25) is 0 Å². The number of amides is 1. The third-order valence-corrected chi connectivity index (χ3v) is 3.97. The lowest BCUT2D eigenvalue weighted by molar-refractivity contribution is -0.149. The fourth-order valence-corrected chi connectivity index (χ4v) is 2.47. The van der Waals surface area contributed by atoms with Gasteiger partial charge in [0.05, 0.1) is 0 Å². The molecule has 0 saturated heterocycles. The molecule has 1 amide bonds. The van der Waals surface area contributed by atoms with Crippen LogP contribution in [0.4, 0.5) is 0 Å². The molecule has 0 radical (unpaired) electrons. The van der Waals surface area contributed by atoms with Gasteiger partial charge in [-0.15, -0.1) is 0 Å². The molecule has 18 heavy (non-hydrogen) atoms. The number of carbonyl (C=O) groups is 2. The van der Waals surface area contributed by atoms with Gasteiger partial charge in [0, 0.05) is 18.8 Å². The topological polar surface area (TPSA) is 57.6 Å². The van der Waals surface area contributed by atoms with Crippen molar-refractivity contribution in [1.82, 2.24) is 4.90 Å². The monoisotopic (exact) mass is 339 g/mol. The number of unbranched alkanes of at least 4 members (excludes halogenated alkanes) is 2. The Morgan fingerprint density at radius 1 is 1.33 bits per heavy atom. The second kappa shape index (κ2) is 10.7. The number of thioether (sulfide) groups is 1. The number of carboxylic acids is 1. The highest BCUT2D eigenvalue weighted by molar-refractivity contribution is 9.09. The number of carbonyl (C=O) groups excluding carboxylic acids is 1. The molecule has 0 rings (SSSR count). The van der Waals surface area contributed by atoms with E-state index in [-0.39, 0.29) is 5.91 Å². The molecule has 1 atom stereocenters. The summed E-state index contributed by atoms with van der Waals surface area (Å²) in [4.78, 5) is 24.4.